The highest BCUT2D eigenvalue weighted by Gasteiger charge is 2.46. The van der Waals surface area contributed by atoms with Crippen molar-refractivity contribution >= 4 is 56.5 Å². The summed E-state index contributed by atoms with van der Waals surface area (Å²) in [6.45, 7) is 3.33. The van der Waals surface area contributed by atoms with Gasteiger partial charge in [-0.2, -0.15) is 0 Å². The van der Waals surface area contributed by atoms with E-state index in [1.807, 2.05) is 19.1 Å². The number of amides is 3. The lowest BCUT2D eigenvalue weighted by Gasteiger charge is -2.40. The third-order valence-corrected chi connectivity index (χ3v) is 7.19. The maximum absolute atomic E-state index is 13.0. The predicted molar refractivity (Wildman–Crippen MR) is 125 cm³/mol. The molecule has 2 aromatic rings. The number of carbonyl (C=O) groups is 3. The summed E-state index contributed by atoms with van der Waals surface area (Å²) in [5.41, 5.74) is 1.30. The fourth-order valence-electron chi connectivity index (χ4n) is 3.82. The molecule has 2 aliphatic rings. The van der Waals surface area contributed by atoms with Crippen molar-refractivity contribution < 1.29 is 23.9 Å². The van der Waals surface area contributed by atoms with Crippen LogP contribution in [0.15, 0.2) is 34.1 Å². The summed E-state index contributed by atoms with van der Waals surface area (Å²) < 4.78 is 11.5. The van der Waals surface area contributed by atoms with E-state index in [1.165, 1.54) is 11.3 Å². The van der Waals surface area contributed by atoms with Gasteiger partial charge in [0, 0.05) is 17.9 Å². The molecular formula is C22H24BrN3O5S. The fraction of sp³-hybridized carbons (Fsp3) is 0.409. The van der Waals surface area contributed by atoms with Crippen molar-refractivity contribution in [3.8, 4) is 5.06 Å². The van der Waals surface area contributed by atoms with Crippen LogP contribution in [0.4, 0.5) is 16.2 Å². The molecule has 4 rings (SSSR count). The van der Waals surface area contributed by atoms with Crippen LogP contribution in [0.3, 0.4) is 0 Å². The largest absolute Gasteiger partial charge is 0.414 e. The van der Waals surface area contributed by atoms with E-state index in [0.29, 0.717) is 49.8 Å². The molecule has 10 heteroatoms. The number of hydrogen-bond acceptors (Lipinski definition) is 6. The molecule has 2 heterocycles. The fourth-order valence-corrected chi connectivity index (χ4v) is 5.02. The molecule has 1 aliphatic heterocycles. The maximum atomic E-state index is 13.0. The third kappa shape index (κ3) is 4.97. The molecule has 8 nitrogen and oxygen atoms in total. The van der Waals surface area contributed by atoms with Gasteiger partial charge in [0.2, 0.25) is 11.8 Å². The van der Waals surface area contributed by atoms with Gasteiger partial charge in [-0.15, -0.1) is 0 Å². The van der Waals surface area contributed by atoms with E-state index in [4.69, 9.17) is 9.47 Å². The molecule has 0 spiro atoms. The van der Waals surface area contributed by atoms with Gasteiger partial charge in [-0.05, 0) is 78.0 Å². The van der Waals surface area contributed by atoms with Crippen LogP contribution >= 0.6 is 27.3 Å². The zero-order valence-corrected chi connectivity index (χ0v) is 20.0. The number of benzene rings is 1. The van der Waals surface area contributed by atoms with Crippen molar-refractivity contribution in [2.75, 3.05) is 30.0 Å². The van der Waals surface area contributed by atoms with Gasteiger partial charge in [-0.25, -0.2) is 4.79 Å². The van der Waals surface area contributed by atoms with Crippen LogP contribution in [0.25, 0.3) is 0 Å². The van der Waals surface area contributed by atoms with Crippen LogP contribution in [-0.2, 0) is 14.3 Å². The average Bonchev–Trinajstić information content (AvgIpc) is 3.00. The summed E-state index contributed by atoms with van der Waals surface area (Å²) in [5, 5.41) is 6.11. The minimum absolute atomic E-state index is 0.0243. The minimum Gasteiger partial charge on any atom is -0.399 e. The highest BCUT2D eigenvalue weighted by molar-refractivity contribution is 9.11. The maximum Gasteiger partial charge on any atom is 0.414 e. The molecule has 3 amide bonds. The molecule has 0 radical (unpaired) electrons. The van der Waals surface area contributed by atoms with E-state index < -0.39 is 11.6 Å². The van der Waals surface area contributed by atoms with E-state index in [9.17, 15) is 14.4 Å². The van der Waals surface area contributed by atoms with Crippen molar-refractivity contribution in [3.63, 3.8) is 0 Å². The van der Waals surface area contributed by atoms with Gasteiger partial charge in [0.1, 0.15) is 5.54 Å². The Kier molecular flexibility index (Phi) is 6.82. The van der Waals surface area contributed by atoms with E-state index in [2.05, 4.69) is 26.6 Å². The van der Waals surface area contributed by atoms with Gasteiger partial charge in [-0.3, -0.25) is 9.59 Å². The second-order valence-electron chi connectivity index (χ2n) is 7.87. The van der Waals surface area contributed by atoms with Crippen molar-refractivity contribution in [1.29, 1.82) is 0 Å². The number of nitrogens with one attached hydrogen (secondary N) is 2. The molecule has 2 fully saturated rings. The van der Waals surface area contributed by atoms with Crippen molar-refractivity contribution in [3.05, 3.63) is 39.7 Å². The zero-order chi connectivity index (χ0) is 22.7. The first-order valence-electron chi connectivity index (χ1n) is 10.4. The Morgan fingerprint density at radius 1 is 1.22 bits per heavy atom. The van der Waals surface area contributed by atoms with Crippen LogP contribution in [0.5, 0.6) is 5.06 Å². The number of halogens is 1. The quantitative estimate of drug-likeness (QED) is 0.613. The second kappa shape index (κ2) is 9.60. The molecule has 1 aromatic heterocycles. The number of carbonyl (C=O) groups excluding carboxylic acids is 3. The Balaban J connectivity index is 1.42. The van der Waals surface area contributed by atoms with Gasteiger partial charge in [-0.1, -0.05) is 11.3 Å². The number of thiophene rings is 1. The monoisotopic (exact) mass is 521 g/mol. The van der Waals surface area contributed by atoms with Crippen molar-refractivity contribution in [2.45, 2.75) is 38.1 Å². The first-order valence-corrected chi connectivity index (χ1v) is 12.0. The van der Waals surface area contributed by atoms with Crippen LogP contribution in [-0.4, -0.2) is 43.2 Å². The Labute approximate surface area is 198 Å². The molecule has 1 saturated carbocycles. The number of anilines is 2. The zero-order valence-electron chi connectivity index (χ0n) is 17.6. The molecule has 1 saturated heterocycles. The summed E-state index contributed by atoms with van der Waals surface area (Å²) >= 11 is 4.62. The number of ether oxygens (including phenoxy) is 2. The molecule has 1 aromatic carbocycles. The third-order valence-electron chi connectivity index (χ3n) is 5.69. The minimum atomic E-state index is -0.990. The summed E-state index contributed by atoms with van der Waals surface area (Å²) in [7, 11) is 0. The van der Waals surface area contributed by atoms with Gasteiger partial charge >= 0.3 is 6.09 Å². The number of rotatable bonds is 5. The first-order chi connectivity index (χ1) is 15.4. The van der Waals surface area contributed by atoms with E-state index in [-0.39, 0.29) is 11.8 Å². The Hall–Kier alpha value is -2.43. The predicted octanol–water partition coefficient (Wildman–Crippen LogP) is 4.22. The standard InChI is InChI=1S/C22H24BrN3O5S/c1-14-13-15(3-4-16(14)26-10-12-30-11-7-18(26)27)24-20(28)22(8-2-9-22)25-21(29)31-19-6-5-17(23)32-19/h3-6,13H,2,7-12H2,1H3,(H,24,28)(H,25,29). The van der Waals surface area contributed by atoms with Crippen molar-refractivity contribution in [1.82, 2.24) is 5.32 Å². The second-order valence-corrected chi connectivity index (χ2v) is 10.3. The summed E-state index contributed by atoms with van der Waals surface area (Å²) in [5.74, 6) is -0.254. The molecule has 32 heavy (non-hydrogen) atoms. The molecule has 0 atom stereocenters. The lowest BCUT2D eigenvalue weighted by Crippen LogP contribution is -2.61. The SMILES string of the molecule is Cc1cc(NC(=O)C2(NC(=O)Oc3ccc(Br)s3)CCC2)ccc1N1CCOCCC1=O. The Morgan fingerprint density at radius 3 is 2.69 bits per heavy atom. The van der Waals surface area contributed by atoms with Gasteiger partial charge in [0.05, 0.1) is 23.4 Å². The summed E-state index contributed by atoms with van der Waals surface area (Å²) in [6, 6.07) is 8.91. The normalized spacial score (nSPS) is 17.8. The molecule has 0 bridgehead atoms. The van der Waals surface area contributed by atoms with Gasteiger partial charge in [0.25, 0.3) is 0 Å². The van der Waals surface area contributed by atoms with Crippen LogP contribution < -0.4 is 20.3 Å². The highest BCUT2D eigenvalue weighted by Crippen LogP contribution is 2.35. The van der Waals surface area contributed by atoms with Gasteiger partial charge in [0.15, 0.2) is 5.06 Å². The molecule has 2 N–H and O–H groups in total. The van der Waals surface area contributed by atoms with Crippen molar-refractivity contribution in [2.24, 2.45) is 0 Å². The number of nitrogens with zero attached hydrogens (tertiary/aromatic N) is 1. The van der Waals surface area contributed by atoms with E-state index in [1.54, 1.807) is 23.1 Å². The highest BCUT2D eigenvalue weighted by atomic mass is 79.9. The first kappa shape index (κ1) is 22.8. The van der Waals surface area contributed by atoms with E-state index in [0.717, 1.165) is 21.5 Å². The summed E-state index contributed by atoms with van der Waals surface area (Å²) in [4.78, 5) is 39.5. The lowest BCUT2D eigenvalue weighted by molar-refractivity contribution is -0.125. The molecule has 0 unspecified atom stereocenters. The number of hydrogen-bond donors (Lipinski definition) is 2. The van der Waals surface area contributed by atoms with E-state index >= 15 is 0 Å². The Morgan fingerprint density at radius 2 is 2.03 bits per heavy atom. The van der Waals surface area contributed by atoms with Crippen LogP contribution in [0, 0.1) is 6.92 Å². The lowest BCUT2D eigenvalue weighted by atomic mass is 9.76. The van der Waals surface area contributed by atoms with Crippen LogP contribution in [0.2, 0.25) is 0 Å². The smallest absolute Gasteiger partial charge is 0.399 e. The molecule has 1 aliphatic carbocycles. The molecule has 170 valence electrons. The topological polar surface area (TPSA) is 97.0 Å². The summed E-state index contributed by atoms with van der Waals surface area (Å²) in [6.07, 6.45) is 1.63. The average molecular weight is 522 g/mol. The Bertz CT molecular complexity index is 1040. The molecular weight excluding hydrogens is 498 g/mol. The van der Waals surface area contributed by atoms with Crippen LogP contribution in [0.1, 0.15) is 31.2 Å². The number of aryl methyl sites for hydroxylation is 1. The van der Waals surface area contributed by atoms with Gasteiger partial charge < -0.3 is 25.0 Å².